The molecular weight excluding hydrogens is 383 g/mol. The first-order valence-corrected chi connectivity index (χ1v) is 10.3. The maximum atomic E-state index is 13.0. The van der Waals surface area contributed by atoms with Crippen LogP contribution in [0.1, 0.15) is 19.4 Å². The predicted molar refractivity (Wildman–Crippen MR) is 116 cm³/mol. The number of hydrogen-bond acceptors (Lipinski definition) is 3. The zero-order valence-corrected chi connectivity index (χ0v) is 17.5. The first kappa shape index (κ1) is 21.6. The summed E-state index contributed by atoms with van der Waals surface area (Å²) in [6, 6.07) is 15.3. The van der Waals surface area contributed by atoms with Crippen LogP contribution in [-0.4, -0.2) is 49.1 Å². The predicted octanol–water partition coefficient (Wildman–Crippen LogP) is 3.00. The summed E-state index contributed by atoms with van der Waals surface area (Å²) in [5, 5.41) is 5.72. The van der Waals surface area contributed by atoms with Crippen LogP contribution in [0.25, 0.3) is 0 Å². The Morgan fingerprint density at radius 1 is 0.967 bits per heavy atom. The molecule has 1 heterocycles. The van der Waals surface area contributed by atoms with Crippen molar-refractivity contribution in [3.8, 4) is 0 Å². The van der Waals surface area contributed by atoms with Gasteiger partial charge >= 0.3 is 6.03 Å². The molecule has 0 aliphatic carbocycles. The lowest BCUT2D eigenvalue weighted by Gasteiger charge is -2.37. The largest absolute Gasteiger partial charge is 0.368 e. The Balaban J connectivity index is 1.51. The van der Waals surface area contributed by atoms with Gasteiger partial charge in [-0.05, 0) is 35.7 Å². The number of piperazine rings is 1. The van der Waals surface area contributed by atoms with Crippen molar-refractivity contribution in [1.82, 2.24) is 15.5 Å². The van der Waals surface area contributed by atoms with Gasteiger partial charge in [0.1, 0.15) is 11.9 Å². The fourth-order valence-electron chi connectivity index (χ4n) is 3.47. The van der Waals surface area contributed by atoms with E-state index in [-0.39, 0.29) is 30.2 Å². The molecule has 1 atom stereocenters. The Morgan fingerprint density at radius 3 is 2.20 bits per heavy atom. The van der Waals surface area contributed by atoms with Crippen LogP contribution in [0.5, 0.6) is 0 Å². The van der Waals surface area contributed by atoms with E-state index in [1.54, 1.807) is 17.0 Å². The van der Waals surface area contributed by atoms with E-state index in [0.717, 1.165) is 24.3 Å². The van der Waals surface area contributed by atoms with Crippen molar-refractivity contribution in [2.45, 2.75) is 26.4 Å². The first-order chi connectivity index (χ1) is 14.4. The fraction of sp³-hybridized carbons (Fsp3) is 0.391. The minimum absolute atomic E-state index is 0.0622. The van der Waals surface area contributed by atoms with E-state index in [0.29, 0.717) is 13.1 Å². The summed E-state index contributed by atoms with van der Waals surface area (Å²) in [5.74, 6) is -0.622. The highest BCUT2D eigenvalue weighted by Crippen LogP contribution is 2.16. The lowest BCUT2D eigenvalue weighted by atomic mass is 10.0. The molecule has 3 rings (SSSR count). The Kier molecular flexibility index (Phi) is 7.27. The number of anilines is 1. The van der Waals surface area contributed by atoms with Gasteiger partial charge in [0, 0.05) is 38.4 Å². The zero-order chi connectivity index (χ0) is 21.5. The number of nitrogens with one attached hydrogen (secondary N) is 2. The van der Waals surface area contributed by atoms with Crippen molar-refractivity contribution < 1.29 is 14.0 Å². The van der Waals surface area contributed by atoms with Crippen molar-refractivity contribution in [3.63, 3.8) is 0 Å². The minimum atomic E-state index is -0.634. The number of amides is 3. The zero-order valence-electron chi connectivity index (χ0n) is 17.5. The normalized spacial score (nSPS) is 15.1. The lowest BCUT2D eigenvalue weighted by molar-refractivity contribution is -0.124. The first-order valence-electron chi connectivity index (χ1n) is 10.3. The number of urea groups is 1. The number of halogens is 1. The molecule has 0 saturated carbocycles. The summed E-state index contributed by atoms with van der Waals surface area (Å²) >= 11 is 0. The van der Waals surface area contributed by atoms with Gasteiger partial charge in [-0.3, -0.25) is 4.79 Å². The van der Waals surface area contributed by atoms with E-state index < -0.39 is 6.04 Å². The Labute approximate surface area is 177 Å². The third-order valence-electron chi connectivity index (χ3n) is 5.30. The third kappa shape index (κ3) is 5.72. The second kappa shape index (κ2) is 10.1. The van der Waals surface area contributed by atoms with Crippen LogP contribution in [0.2, 0.25) is 0 Å². The molecule has 30 heavy (non-hydrogen) atoms. The Hall–Kier alpha value is -3.09. The summed E-state index contributed by atoms with van der Waals surface area (Å²) < 4.78 is 13.0. The van der Waals surface area contributed by atoms with E-state index in [9.17, 15) is 14.0 Å². The van der Waals surface area contributed by atoms with Crippen LogP contribution < -0.4 is 15.5 Å². The molecule has 7 heteroatoms. The number of carbonyl (C=O) groups is 2. The van der Waals surface area contributed by atoms with Crippen LogP contribution in [-0.2, 0) is 11.3 Å². The maximum Gasteiger partial charge on any atom is 0.318 e. The molecular formula is C23H29FN4O2. The van der Waals surface area contributed by atoms with E-state index in [1.807, 2.05) is 32.0 Å². The topological polar surface area (TPSA) is 64.7 Å². The van der Waals surface area contributed by atoms with Gasteiger partial charge in [0.15, 0.2) is 0 Å². The quantitative estimate of drug-likeness (QED) is 0.767. The molecule has 3 amide bonds. The van der Waals surface area contributed by atoms with Gasteiger partial charge < -0.3 is 20.4 Å². The molecule has 0 spiro atoms. The van der Waals surface area contributed by atoms with Crippen LogP contribution in [0.15, 0.2) is 54.6 Å². The van der Waals surface area contributed by atoms with Gasteiger partial charge in [0.05, 0.1) is 0 Å². The van der Waals surface area contributed by atoms with E-state index in [4.69, 9.17) is 0 Å². The van der Waals surface area contributed by atoms with E-state index in [1.165, 1.54) is 12.1 Å². The van der Waals surface area contributed by atoms with Crippen LogP contribution >= 0.6 is 0 Å². The summed E-state index contributed by atoms with van der Waals surface area (Å²) in [6.07, 6.45) is 0. The van der Waals surface area contributed by atoms with Crippen molar-refractivity contribution in [3.05, 3.63) is 66.0 Å². The average Bonchev–Trinajstić information content (AvgIpc) is 2.77. The highest BCUT2D eigenvalue weighted by Gasteiger charge is 2.28. The summed E-state index contributed by atoms with van der Waals surface area (Å²) in [5.41, 5.74) is 1.95. The summed E-state index contributed by atoms with van der Waals surface area (Å²) in [7, 11) is 0. The summed E-state index contributed by atoms with van der Waals surface area (Å²) in [6.45, 7) is 6.78. The van der Waals surface area contributed by atoms with Crippen molar-refractivity contribution in [1.29, 1.82) is 0 Å². The number of rotatable bonds is 6. The fourth-order valence-corrected chi connectivity index (χ4v) is 3.47. The molecule has 0 aromatic heterocycles. The highest BCUT2D eigenvalue weighted by molar-refractivity contribution is 5.87. The van der Waals surface area contributed by atoms with Crippen LogP contribution in [0, 0.1) is 11.7 Å². The molecule has 1 saturated heterocycles. The maximum absolute atomic E-state index is 13.0. The smallest absolute Gasteiger partial charge is 0.318 e. The molecule has 0 unspecified atom stereocenters. The molecule has 6 nitrogen and oxygen atoms in total. The van der Waals surface area contributed by atoms with Gasteiger partial charge in [-0.25, -0.2) is 9.18 Å². The number of para-hydroxylation sites is 1. The van der Waals surface area contributed by atoms with Crippen molar-refractivity contribution in [2.24, 2.45) is 5.92 Å². The second-order valence-corrected chi connectivity index (χ2v) is 7.83. The average molecular weight is 413 g/mol. The summed E-state index contributed by atoms with van der Waals surface area (Å²) in [4.78, 5) is 29.4. The lowest BCUT2D eigenvalue weighted by Crippen LogP contribution is -2.57. The molecule has 1 aliphatic rings. The molecule has 1 aliphatic heterocycles. The number of hydrogen-bond donors (Lipinski definition) is 2. The molecule has 2 aromatic carbocycles. The highest BCUT2D eigenvalue weighted by atomic mass is 19.1. The van der Waals surface area contributed by atoms with Gasteiger partial charge in [-0.2, -0.15) is 0 Å². The molecule has 1 fully saturated rings. The van der Waals surface area contributed by atoms with Crippen LogP contribution in [0.4, 0.5) is 14.9 Å². The monoisotopic (exact) mass is 412 g/mol. The van der Waals surface area contributed by atoms with Gasteiger partial charge in [0.25, 0.3) is 0 Å². The minimum Gasteiger partial charge on any atom is -0.368 e. The molecule has 2 aromatic rings. The number of nitrogens with zero attached hydrogens (tertiary/aromatic N) is 2. The standard InChI is InChI=1S/C23H29FN4O2/c1-17(2)21(22(29)25-16-18-8-10-19(24)11-9-18)26-23(30)28-14-12-27(13-15-28)20-6-4-3-5-7-20/h3-11,17,21H,12-16H2,1-2H3,(H,25,29)(H,26,30)/t21-/m0/s1. The third-order valence-corrected chi connectivity index (χ3v) is 5.30. The molecule has 160 valence electrons. The van der Waals surface area contributed by atoms with E-state index in [2.05, 4.69) is 27.7 Å². The van der Waals surface area contributed by atoms with Crippen LogP contribution in [0.3, 0.4) is 0 Å². The van der Waals surface area contributed by atoms with Crippen molar-refractivity contribution in [2.75, 3.05) is 31.1 Å². The SMILES string of the molecule is CC(C)[C@H](NC(=O)N1CCN(c2ccccc2)CC1)C(=O)NCc1ccc(F)cc1. The molecule has 2 N–H and O–H groups in total. The Morgan fingerprint density at radius 2 is 1.60 bits per heavy atom. The van der Waals surface area contributed by atoms with Crippen molar-refractivity contribution >= 4 is 17.6 Å². The Bertz CT molecular complexity index is 834. The van der Waals surface area contributed by atoms with Gasteiger partial charge in [0.2, 0.25) is 5.91 Å². The van der Waals surface area contributed by atoms with E-state index >= 15 is 0 Å². The van der Waals surface area contributed by atoms with Gasteiger partial charge in [-0.1, -0.05) is 44.2 Å². The molecule has 0 bridgehead atoms. The number of carbonyl (C=O) groups excluding carboxylic acids is 2. The van der Waals surface area contributed by atoms with Gasteiger partial charge in [-0.15, -0.1) is 0 Å². The second-order valence-electron chi connectivity index (χ2n) is 7.83. The molecule has 0 radical (unpaired) electrons. The number of benzene rings is 2.